The van der Waals surface area contributed by atoms with Gasteiger partial charge in [-0.1, -0.05) is 13.8 Å². The van der Waals surface area contributed by atoms with Gasteiger partial charge in [-0.3, -0.25) is 4.79 Å². The van der Waals surface area contributed by atoms with E-state index in [1.165, 1.54) is 0 Å². The highest BCUT2D eigenvalue weighted by atomic mass is 16.5. The van der Waals surface area contributed by atoms with Crippen LogP contribution in [0.15, 0.2) is 0 Å². The van der Waals surface area contributed by atoms with Crippen LogP contribution in [-0.4, -0.2) is 11.1 Å². The maximum absolute atomic E-state index is 11.6. The summed E-state index contributed by atoms with van der Waals surface area (Å²) in [6.45, 7) is 9.61. The van der Waals surface area contributed by atoms with Gasteiger partial charge in [-0.25, -0.2) is 0 Å². The summed E-state index contributed by atoms with van der Waals surface area (Å²) in [7, 11) is 0. The second kappa shape index (κ2) is 3.49. The largest absolute Gasteiger partial charge is 0.507 e. The molecule has 0 atom stereocenters. The lowest BCUT2D eigenvalue weighted by Gasteiger charge is -2.34. The summed E-state index contributed by atoms with van der Waals surface area (Å²) in [5, 5.41) is 10.1. The van der Waals surface area contributed by atoms with E-state index in [0.717, 1.165) is 22.3 Å². The first-order chi connectivity index (χ1) is 7.75. The highest BCUT2D eigenvalue weighted by Crippen LogP contribution is 2.47. The first-order valence-corrected chi connectivity index (χ1v) is 5.79. The van der Waals surface area contributed by atoms with E-state index in [1.54, 1.807) is 0 Å². The van der Waals surface area contributed by atoms with Crippen LogP contribution in [0, 0.1) is 20.8 Å². The predicted octanol–water partition coefficient (Wildman–Crippen LogP) is 2.90. The zero-order valence-corrected chi connectivity index (χ0v) is 11.0. The van der Waals surface area contributed by atoms with Crippen molar-refractivity contribution < 1.29 is 14.6 Å². The number of esters is 1. The molecule has 0 spiro atoms. The lowest BCUT2D eigenvalue weighted by molar-refractivity contribution is -0.137. The summed E-state index contributed by atoms with van der Waals surface area (Å²) in [6.07, 6.45) is 0.350. The van der Waals surface area contributed by atoms with Gasteiger partial charge in [-0.2, -0.15) is 0 Å². The van der Waals surface area contributed by atoms with Crippen molar-refractivity contribution >= 4 is 5.97 Å². The van der Waals surface area contributed by atoms with Gasteiger partial charge in [0, 0.05) is 11.0 Å². The van der Waals surface area contributed by atoms with Crippen molar-refractivity contribution in [3.63, 3.8) is 0 Å². The Morgan fingerprint density at radius 2 is 1.71 bits per heavy atom. The zero-order valence-electron chi connectivity index (χ0n) is 11.0. The van der Waals surface area contributed by atoms with Crippen LogP contribution in [0.25, 0.3) is 0 Å². The first kappa shape index (κ1) is 12.0. The molecule has 2 rings (SSSR count). The summed E-state index contributed by atoms with van der Waals surface area (Å²) >= 11 is 0. The first-order valence-electron chi connectivity index (χ1n) is 5.79. The van der Waals surface area contributed by atoms with Crippen LogP contribution in [0.3, 0.4) is 0 Å². The van der Waals surface area contributed by atoms with E-state index in [1.807, 2.05) is 34.6 Å². The summed E-state index contributed by atoms with van der Waals surface area (Å²) in [6, 6.07) is 0. The van der Waals surface area contributed by atoms with Crippen LogP contribution >= 0.6 is 0 Å². The standard InChI is InChI=1S/C14H18O3/c1-7-8(2)13-11(9(3)12(7)16)14(4,5)6-10(15)17-13/h16H,6H2,1-5H3. The Labute approximate surface area is 101 Å². The molecule has 0 unspecified atom stereocenters. The number of benzene rings is 1. The third-order valence-electron chi connectivity index (χ3n) is 3.69. The fourth-order valence-corrected chi connectivity index (χ4v) is 2.65. The summed E-state index contributed by atoms with van der Waals surface area (Å²) < 4.78 is 5.36. The highest BCUT2D eigenvalue weighted by Gasteiger charge is 2.37. The van der Waals surface area contributed by atoms with Crippen LogP contribution in [0.4, 0.5) is 0 Å². The van der Waals surface area contributed by atoms with Gasteiger partial charge in [0.1, 0.15) is 11.5 Å². The normalized spacial score (nSPS) is 17.6. The number of ether oxygens (including phenoxy) is 1. The molecular formula is C14H18O3. The number of carbonyl (C=O) groups excluding carboxylic acids is 1. The van der Waals surface area contributed by atoms with Gasteiger partial charge < -0.3 is 9.84 Å². The maximum Gasteiger partial charge on any atom is 0.312 e. The van der Waals surface area contributed by atoms with Gasteiger partial charge in [-0.05, 0) is 37.5 Å². The van der Waals surface area contributed by atoms with Crippen molar-refractivity contribution in [3.05, 3.63) is 22.3 Å². The molecule has 92 valence electrons. The number of aromatic hydroxyl groups is 1. The fraction of sp³-hybridized carbons (Fsp3) is 0.500. The molecule has 1 aromatic carbocycles. The quantitative estimate of drug-likeness (QED) is 0.554. The van der Waals surface area contributed by atoms with Crippen LogP contribution in [0.1, 0.15) is 42.5 Å². The average Bonchev–Trinajstić information content (AvgIpc) is 2.21. The van der Waals surface area contributed by atoms with E-state index < -0.39 is 0 Å². The third kappa shape index (κ3) is 1.61. The fourth-order valence-electron chi connectivity index (χ4n) is 2.65. The van der Waals surface area contributed by atoms with E-state index >= 15 is 0 Å². The molecular weight excluding hydrogens is 216 g/mol. The monoisotopic (exact) mass is 234 g/mol. The summed E-state index contributed by atoms with van der Waals surface area (Å²) in [5.74, 6) is 0.751. The Morgan fingerprint density at radius 3 is 2.29 bits per heavy atom. The lowest BCUT2D eigenvalue weighted by atomic mass is 9.75. The molecule has 0 bridgehead atoms. The van der Waals surface area contributed by atoms with E-state index in [4.69, 9.17) is 4.74 Å². The molecule has 17 heavy (non-hydrogen) atoms. The Morgan fingerprint density at radius 1 is 1.12 bits per heavy atom. The van der Waals surface area contributed by atoms with Gasteiger partial charge in [0.15, 0.2) is 0 Å². The summed E-state index contributed by atoms with van der Waals surface area (Å²) in [4.78, 5) is 11.6. The number of hydrogen-bond donors (Lipinski definition) is 1. The average molecular weight is 234 g/mol. The molecule has 1 N–H and O–H groups in total. The molecule has 1 aliphatic heterocycles. The van der Waals surface area contributed by atoms with Crippen molar-refractivity contribution in [2.45, 2.75) is 46.5 Å². The molecule has 0 aromatic heterocycles. The van der Waals surface area contributed by atoms with Crippen molar-refractivity contribution in [1.82, 2.24) is 0 Å². The molecule has 0 fully saturated rings. The van der Waals surface area contributed by atoms with Crippen molar-refractivity contribution in [2.24, 2.45) is 0 Å². The predicted molar refractivity (Wildman–Crippen MR) is 65.6 cm³/mol. The molecule has 0 saturated heterocycles. The van der Waals surface area contributed by atoms with Crippen LogP contribution in [0.2, 0.25) is 0 Å². The van der Waals surface area contributed by atoms with Crippen LogP contribution in [-0.2, 0) is 10.2 Å². The second-order valence-electron chi connectivity index (χ2n) is 5.46. The highest BCUT2D eigenvalue weighted by molar-refractivity contribution is 5.80. The molecule has 1 aliphatic rings. The topological polar surface area (TPSA) is 46.5 Å². The maximum atomic E-state index is 11.6. The molecule has 1 heterocycles. The van der Waals surface area contributed by atoms with Gasteiger partial charge in [0.05, 0.1) is 6.42 Å². The molecule has 0 aliphatic carbocycles. The second-order valence-corrected chi connectivity index (χ2v) is 5.46. The third-order valence-corrected chi connectivity index (χ3v) is 3.69. The number of rotatable bonds is 0. The van der Waals surface area contributed by atoms with Gasteiger partial charge >= 0.3 is 5.97 Å². The van der Waals surface area contributed by atoms with Crippen molar-refractivity contribution in [1.29, 1.82) is 0 Å². The Hall–Kier alpha value is -1.51. The van der Waals surface area contributed by atoms with Gasteiger partial charge in [-0.15, -0.1) is 0 Å². The molecule has 0 radical (unpaired) electrons. The molecule has 3 heteroatoms. The minimum Gasteiger partial charge on any atom is -0.507 e. The van der Waals surface area contributed by atoms with Crippen LogP contribution < -0.4 is 4.74 Å². The SMILES string of the molecule is Cc1c(C)c2c(c(C)c1O)C(C)(C)CC(=O)O2. The lowest BCUT2D eigenvalue weighted by Crippen LogP contribution is -2.32. The van der Waals surface area contributed by atoms with E-state index in [2.05, 4.69) is 0 Å². The molecule has 0 saturated carbocycles. The van der Waals surface area contributed by atoms with Crippen molar-refractivity contribution in [2.75, 3.05) is 0 Å². The van der Waals surface area contributed by atoms with Crippen LogP contribution in [0.5, 0.6) is 11.5 Å². The molecule has 0 amide bonds. The Kier molecular flexibility index (Phi) is 2.45. The molecule has 3 nitrogen and oxygen atoms in total. The van der Waals surface area contributed by atoms with Crippen molar-refractivity contribution in [3.8, 4) is 11.5 Å². The van der Waals surface area contributed by atoms with E-state index in [-0.39, 0.29) is 11.4 Å². The Bertz CT molecular complexity index is 513. The zero-order chi connectivity index (χ0) is 13.0. The smallest absolute Gasteiger partial charge is 0.312 e. The molecule has 1 aromatic rings. The van der Waals surface area contributed by atoms with Gasteiger partial charge in [0.2, 0.25) is 0 Å². The number of phenolic OH excluding ortho intramolecular Hbond substituents is 1. The summed E-state index contributed by atoms with van der Waals surface area (Å²) in [5.41, 5.74) is 3.12. The van der Waals surface area contributed by atoms with Gasteiger partial charge in [0.25, 0.3) is 0 Å². The number of carbonyl (C=O) groups is 1. The van der Waals surface area contributed by atoms with E-state index in [9.17, 15) is 9.90 Å². The Balaban J connectivity index is 2.84. The minimum absolute atomic E-state index is 0.199. The number of hydrogen-bond acceptors (Lipinski definition) is 3. The minimum atomic E-state index is -0.287. The number of fused-ring (bicyclic) bond motifs is 1. The number of phenols is 1. The van der Waals surface area contributed by atoms with E-state index in [0.29, 0.717) is 17.9 Å².